The molecule has 0 spiro atoms. The normalized spacial score (nSPS) is 16.3. The molecule has 0 bridgehead atoms. The standard InChI is InChI=1S/C18H31N5O3S/c1-2-19-18(20-8-10-23-11-13-26-14-12-23)21-9-15-27(24,25)22-16-17-6-4-3-5-7-17/h3-7,22H,2,8-16H2,1H3,(H2,19,20,21). The van der Waals surface area contributed by atoms with Crippen LogP contribution < -0.4 is 15.4 Å². The molecule has 0 radical (unpaired) electrons. The monoisotopic (exact) mass is 397 g/mol. The molecule has 1 aliphatic heterocycles. The largest absolute Gasteiger partial charge is 0.379 e. The van der Waals surface area contributed by atoms with Crippen LogP contribution in [0.5, 0.6) is 0 Å². The van der Waals surface area contributed by atoms with Crippen LogP contribution in [-0.4, -0.2) is 77.5 Å². The number of ether oxygens (including phenoxy) is 1. The van der Waals surface area contributed by atoms with Gasteiger partial charge in [-0.1, -0.05) is 30.3 Å². The number of sulfonamides is 1. The van der Waals surface area contributed by atoms with E-state index in [1.807, 2.05) is 37.3 Å². The third kappa shape index (κ3) is 9.18. The second-order valence-corrected chi connectivity index (χ2v) is 8.19. The van der Waals surface area contributed by atoms with Crippen LogP contribution in [0.1, 0.15) is 12.5 Å². The van der Waals surface area contributed by atoms with E-state index in [1.165, 1.54) is 0 Å². The number of benzene rings is 1. The summed E-state index contributed by atoms with van der Waals surface area (Å²) in [6.45, 7) is 8.26. The van der Waals surface area contributed by atoms with Crippen LogP contribution in [0.4, 0.5) is 0 Å². The second kappa shape index (κ2) is 11.9. The lowest BCUT2D eigenvalue weighted by Crippen LogP contribution is -2.42. The highest BCUT2D eigenvalue weighted by Gasteiger charge is 2.11. The molecule has 0 atom stereocenters. The summed E-state index contributed by atoms with van der Waals surface area (Å²) in [5.41, 5.74) is 0.937. The molecule has 1 fully saturated rings. The number of morpholine rings is 1. The van der Waals surface area contributed by atoms with Gasteiger partial charge in [0.1, 0.15) is 0 Å². The Morgan fingerprint density at radius 1 is 1.19 bits per heavy atom. The average molecular weight is 398 g/mol. The predicted molar refractivity (Wildman–Crippen MR) is 108 cm³/mol. The highest BCUT2D eigenvalue weighted by molar-refractivity contribution is 7.89. The van der Waals surface area contributed by atoms with Crippen molar-refractivity contribution in [2.24, 2.45) is 4.99 Å². The number of nitrogens with one attached hydrogen (secondary N) is 3. The van der Waals surface area contributed by atoms with Crippen molar-refractivity contribution in [1.82, 2.24) is 20.3 Å². The minimum Gasteiger partial charge on any atom is -0.379 e. The fourth-order valence-electron chi connectivity index (χ4n) is 2.63. The molecule has 27 heavy (non-hydrogen) atoms. The zero-order chi connectivity index (χ0) is 19.4. The molecule has 1 aromatic rings. The van der Waals surface area contributed by atoms with E-state index in [0.29, 0.717) is 25.6 Å². The molecule has 1 aromatic carbocycles. The number of guanidine groups is 1. The molecule has 0 aromatic heterocycles. The van der Waals surface area contributed by atoms with Crippen molar-refractivity contribution in [3.63, 3.8) is 0 Å². The highest BCUT2D eigenvalue weighted by Crippen LogP contribution is 1.99. The number of rotatable bonds is 10. The van der Waals surface area contributed by atoms with Gasteiger partial charge in [-0.2, -0.15) is 0 Å². The van der Waals surface area contributed by atoms with Crippen LogP contribution in [0.3, 0.4) is 0 Å². The fourth-order valence-corrected chi connectivity index (χ4v) is 3.54. The zero-order valence-electron chi connectivity index (χ0n) is 16.0. The van der Waals surface area contributed by atoms with Gasteiger partial charge in [0.2, 0.25) is 10.0 Å². The molecular weight excluding hydrogens is 366 g/mol. The Balaban J connectivity index is 1.71. The van der Waals surface area contributed by atoms with Crippen LogP contribution in [0, 0.1) is 0 Å². The number of hydrogen-bond acceptors (Lipinski definition) is 5. The molecule has 0 amide bonds. The van der Waals surface area contributed by atoms with Crippen molar-refractivity contribution < 1.29 is 13.2 Å². The summed E-state index contributed by atoms with van der Waals surface area (Å²) >= 11 is 0. The van der Waals surface area contributed by atoms with E-state index in [9.17, 15) is 8.42 Å². The van der Waals surface area contributed by atoms with Gasteiger partial charge in [0.15, 0.2) is 5.96 Å². The Hall–Kier alpha value is -1.68. The molecule has 0 saturated carbocycles. The van der Waals surface area contributed by atoms with E-state index in [0.717, 1.165) is 45.0 Å². The summed E-state index contributed by atoms with van der Waals surface area (Å²) in [7, 11) is -3.35. The van der Waals surface area contributed by atoms with Gasteiger partial charge in [0.25, 0.3) is 0 Å². The number of hydrogen-bond donors (Lipinski definition) is 3. The van der Waals surface area contributed by atoms with Crippen molar-refractivity contribution in [2.45, 2.75) is 13.5 Å². The zero-order valence-corrected chi connectivity index (χ0v) is 16.8. The van der Waals surface area contributed by atoms with E-state index >= 15 is 0 Å². The topological polar surface area (TPSA) is 95.1 Å². The third-order valence-corrected chi connectivity index (χ3v) is 5.46. The first-order valence-corrected chi connectivity index (χ1v) is 11.1. The maximum atomic E-state index is 12.1. The Labute approximate surface area is 162 Å². The summed E-state index contributed by atoms with van der Waals surface area (Å²) in [6, 6.07) is 9.47. The van der Waals surface area contributed by atoms with Crippen molar-refractivity contribution in [2.75, 3.05) is 58.2 Å². The SMILES string of the molecule is CCNC(=NCCN1CCOCC1)NCCS(=O)(=O)NCc1ccccc1. The molecule has 152 valence electrons. The lowest BCUT2D eigenvalue weighted by molar-refractivity contribution is 0.0394. The predicted octanol–water partition coefficient (Wildman–Crippen LogP) is -0.00670. The van der Waals surface area contributed by atoms with Gasteiger partial charge < -0.3 is 15.4 Å². The minimum atomic E-state index is -3.35. The first-order valence-electron chi connectivity index (χ1n) is 9.42. The molecule has 0 aliphatic carbocycles. The Morgan fingerprint density at radius 2 is 1.93 bits per heavy atom. The Kier molecular flexibility index (Phi) is 9.54. The highest BCUT2D eigenvalue weighted by atomic mass is 32.2. The summed E-state index contributed by atoms with van der Waals surface area (Å²) in [5.74, 6) is 0.636. The van der Waals surface area contributed by atoms with Crippen LogP contribution in [0.2, 0.25) is 0 Å². The molecule has 1 heterocycles. The van der Waals surface area contributed by atoms with Gasteiger partial charge in [-0.3, -0.25) is 9.89 Å². The fraction of sp³-hybridized carbons (Fsp3) is 0.611. The van der Waals surface area contributed by atoms with E-state index < -0.39 is 10.0 Å². The maximum Gasteiger partial charge on any atom is 0.213 e. The molecule has 9 heteroatoms. The summed E-state index contributed by atoms with van der Waals surface area (Å²) < 4.78 is 32.2. The lowest BCUT2D eigenvalue weighted by Gasteiger charge is -2.25. The van der Waals surface area contributed by atoms with Gasteiger partial charge in [0, 0.05) is 39.3 Å². The number of nitrogens with zero attached hydrogens (tertiary/aromatic N) is 2. The molecule has 0 unspecified atom stereocenters. The van der Waals surface area contributed by atoms with E-state index in [-0.39, 0.29) is 5.75 Å². The average Bonchev–Trinajstić information content (AvgIpc) is 2.68. The van der Waals surface area contributed by atoms with Gasteiger partial charge in [-0.05, 0) is 12.5 Å². The van der Waals surface area contributed by atoms with E-state index in [1.54, 1.807) is 0 Å². The molecule has 2 rings (SSSR count). The first kappa shape index (κ1) is 21.6. The molecule has 1 aliphatic rings. The second-order valence-electron chi connectivity index (χ2n) is 6.27. The smallest absolute Gasteiger partial charge is 0.213 e. The van der Waals surface area contributed by atoms with Crippen LogP contribution in [-0.2, 0) is 21.3 Å². The molecule has 8 nitrogen and oxygen atoms in total. The van der Waals surface area contributed by atoms with Crippen molar-refractivity contribution in [3.05, 3.63) is 35.9 Å². The van der Waals surface area contributed by atoms with Crippen molar-refractivity contribution in [3.8, 4) is 0 Å². The van der Waals surface area contributed by atoms with Gasteiger partial charge in [0.05, 0.1) is 25.5 Å². The number of aliphatic imine (C=N–C) groups is 1. The summed E-state index contributed by atoms with van der Waals surface area (Å²) in [6.07, 6.45) is 0. The molecule has 3 N–H and O–H groups in total. The lowest BCUT2D eigenvalue weighted by atomic mass is 10.2. The Bertz CT molecular complexity index is 661. The summed E-state index contributed by atoms with van der Waals surface area (Å²) in [5, 5.41) is 6.23. The van der Waals surface area contributed by atoms with Crippen molar-refractivity contribution >= 4 is 16.0 Å². The van der Waals surface area contributed by atoms with Crippen LogP contribution in [0.15, 0.2) is 35.3 Å². The van der Waals surface area contributed by atoms with E-state index in [2.05, 4.69) is 25.2 Å². The molecule has 1 saturated heterocycles. The summed E-state index contributed by atoms with van der Waals surface area (Å²) in [4.78, 5) is 6.83. The quantitative estimate of drug-likeness (QED) is 0.380. The minimum absolute atomic E-state index is 0.00624. The van der Waals surface area contributed by atoms with Crippen LogP contribution in [0.25, 0.3) is 0 Å². The third-order valence-electron chi connectivity index (χ3n) is 4.14. The van der Waals surface area contributed by atoms with Gasteiger partial charge in [-0.25, -0.2) is 13.1 Å². The molecular formula is C18H31N5O3S. The van der Waals surface area contributed by atoms with E-state index in [4.69, 9.17) is 4.74 Å². The van der Waals surface area contributed by atoms with Gasteiger partial charge >= 0.3 is 0 Å². The van der Waals surface area contributed by atoms with Crippen molar-refractivity contribution in [1.29, 1.82) is 0 Å². The van der Waals surface area contributed by atoms with Crippen LogP contribution >= 0.6 is 0 Å². The maximum absolute atomic E-state index is 12.1. The van der Waals surface area contributed by atoms with Gasteiger partial charge in [-0.15, -0.1) is 0 Å². The first-order chi connectivity index (χ1) is 13.1. The Morgan fingerprint density at radius 3 is 2.63 bits per heavy atom.